The number of amides is 1. The molecule has 0 atom stereocenters. The molecule has 0 saturated carbocycles. The molecule has 1 amide bonds. The van der Waals surface area contributed by atoms with Crippen LogP contribution in [-0.2, 0) is 0 Å². The Morgan fingerprint density at radius 2 is 1.90 bits per heavy atom. The van der Waals surface area contributed by atoms with E-state index in [1.54, 1.807) is 43.3 Å². The summed E-state index contributed by atoms with van der Waals surface area (Å²) in [6.45, 7) is 1.69. The molecule has 102 valence electrons. The van der Waals surface area contributed by atoms with Crippen LogP contribution < -0.4 is 5.43 Å². The van der Waals surface area contributed by atoms with Crippen LogP contribution in [0, 0.1) is 0 Å². The van der Waals surface area contributed by atoms with Gasteiger partial charge < -0.3 is 5.11 Å². The molecule has 0 spiro atoms. The fraction of sp³-hybridized carbons (Fsp3) is 0.0667. The molecule has 5 heteroatoms. The van der Waals surface area contributed by atoms with E-state index in [2.05, 4.69) is 10.5 Å². The predicted octanol–water partition coefficient (Wildman–Crippen LogP) is 3.20. The van der Waals surface area contributed by atoms with Crippen LogP contribution in [0.2, 0.25) is 5.02 Å². The lowest BCUT2D eigenvalue weighted by Gasteiger charge is -2.05. The Labute approximate surface area is 121 Å². The minimum atomic E-state index is -0.307. The number of aromatic hydroxyl groups is 1. The van der Waals surface area contributed by atoms with Gasteiger partial charge in [0.2, 0.25) is 0 Å². The summed E-state index contributed by atoms with van der Waals surface area (Å²) in [5.74, 6) is -0.286. The van der Waals surface area contributed by atoms with Crippen molar-refractivity contribution in [1.82, 2.24) is 5.43 Å². The van der Waals surface area contributed by atoms with Crippen LogP contribution in [0.1, 0.15) is 22.8 Å². The molecule has 2 rings (SSSR count). The zero-order valence-electron chi connectivity index (χ0n) is 10.8. The highest BCUT2D eigenvalue weighted by atomic mass is 35.5. The quantitative estimate of drug-likeness (QED) is 0.673. The molecule has 0 bridgehead atoms. The fourth-order valence-electron chi connectivity index (χ4n) is 1.66. The summed E-state index contributed by atoms with van der Waals surface area (Å²) in [5.41, 5.74) is 3.97. The highest BCUT2D eigenvalue weighted by molar-refractivity contribution is 6.30. The predicted molar refractivity (Wildman–Crippen MR) is 79.2 cm³/mol. The number of carbonyl (C=O) groups excluding carboxylic acids is 1. The summed E-state index contributed by atoms with van der Waals surface area (Å²) in [5, 5.41) is 14.2. The minimum absolute atomic E-state index is 0.0210. The van der Waals surface area contributed by atoms with E-state index >= 15 is 0 Å². The van der Waals surface area contributed by atoms with Gasteiger partial charge in [0.1, 0.15) is 5.75 Å². The first-order valence-electron chi connectivity index (χ1n) is 5.96. The van der Waals surface area contributed by atoms with E-state index in [0.29, 0.717) is 21.9 Å². The van der Waals surface area contributed by atoms with Crippen LogP contribution in [-0.4, -0.2) is 16.7 Å². The Hall–Kier alpha value is -2.33. The highest BCUT2D eigenvalue weighted by Crippen LogP contribution is 2.22. The Balaban J connectivity index is 2.13. The Bertz CT molecular complexity index is 654. The van der Waals surface area contributed by atoms with E-state index in [1.165, 1.54) is 6.07 Å². The van der Waals surface area contributed by atoms with Crippen molar-refractivity contribution in [3.05, 3.63) is 64.7 Å². The molecule has 0 heterocycles. The van der Waals surface area contributed by atoms with Gasteiger partial charge in [-0.1, -0.05) is 29.8 Å². The molecule has 0 saturated heterocycles. The molecule has 2 aromatic carbocycles. The standard InChI is InChI=1S/C15H13ClN2O2/c1-10(13-8-7-12(16)9-14(13)19)17-18-15(20)11-5-3-2-4-6-11/h2-9,19H,1H3,(H,18,20). The van der Waals surface area contributed by atoms with Crippen molar-refractivity contribution in [2.24, 2.45) is 5.10 Å². The number of nitrogens with zero attached hydrogens (tertiary/aromatic N) is 1. The van der Waals surface area contributed by atoms with Crippen molar-refractivity contribution in [3.8, 4) is 5.75 Å². The van der Waals surface area contributed by atoms with Crippen molar-refractivity contribution in [2.75, 3.05) is 0 Å². The molecular formula is C15H13ClN2O2. The van der Waals surface area contributed by atoms with Gasteiger partial charge in [0, 0.05) is 16.1 Å². The van der Waals surface area contributed by atoms with Crippen molar-refractivity contribution >= 4 is 23.2 Å². The maximum absolute atomic E-state index is 11.8. The van der Waals surface area contributed by atoms with Gasteiger partial charge in [-0.25, -0.2) is 5.43 Å². The molecule has 0 aliphatic rings. The lowest BCUT2D eigenvalue weighted by Crippen LogP contribution is -2.19. The van der Waals surface area contributed by atoms with Crippen molar-refractivity contribution < 1.29 is 9.90 Å². The normalized spacial score (nSPS) is 11.2. The zero-order valence-corrected chi connectivity index (χ0v) is 11.6. The van der Waals surface area contributed by atoms with Gasteiger partial charge in [-0.05, 0) is 37.3 Å². The van der Waals surface area contributed by atoms with E-state index in [9.17, 15) is 9.90 Å². The number of carbonyl (C=O) groups is 1. The largest absolute Gasteiger partial charge is 0.507 e. The lowest BCUT2D eigenvalue weighted by molar-refractivity contribution is 0.0955. The Morgan fingerprint density at radius 1 is 1.20 bits per heavy atom. The van der Waals surface area contributed by atoms with E-state index in [-0.39, 0.29) is 11.7 Å². The van der Waals surface area contributed by atoms with E-state index in [4.69, 9.17) is 11.6 Å². The number of halogens is 1. The second kappa shape index (κ2) is 6.21. The van der Waals surface area contributed by atoms with E-state index < -0.39 is 0 Å². The number of phenolic OH excluding ortho intramolecular Hbond substituents is 1. The summed E-state index contributed by atoms with van der Waals surface area (Å²) >= 11 is 5.76. The van der Waals surface area contributed by atoms with Gasteiger partial charge in [0.25, 0.3) is 5.91 Å². The van der Waals surface area contributed by atoms with Crippen LogP contribution in [0.3, 0.4) is 0 Å². The lowest BCUT2D eigenvalue weighted by atomic mass is 10.1. The van der Waals surface area contributed by atoms with Crippen LogP contribution >= 0.6 is 11.6 Å². The number of hydrazone groups is 1. The number of hydrogen-bond donors (Lipinski definition) is 2. The fourth-order valence-corrected chi connectivity index (χ4v) is 1.83. The Kier molecular flexibility index (Phi) is 4.38. The molecule has 20 heavy (non-hydrogen) atoms. The maximum atomic E-state index is 11.8. The summed E-state index contributed by atoms with van der Waals surface area (Å²) < 4.78 is 0. The number of phenols is 1. The molecule has 0 aliphatic carbocycles. The molecule has 0 aromatic heterocycles. The van der Waals surface area contributed by atoms with Crippen LogP contribution in [0.5, 0.6) is 5.75 Å². The third-order valence-electron chi connectivity index (χ3n) is 2.71. The van der Waals surface area contributed by atoms with Gasteiger partial charge in [-0.3, -0.25) is 4.79 Å². The SMILES string of the molecule is CC(=NNC(=O)c1ccccc1)c1ccc(Cl)cc1O. The number of nitrogens with one attached hydrogen (secondary N) is 1. The van der Waals surface area contributed by atoms with Crippen molar-refractivity contribution in [2.45, 2.75) is 6.92 Å². The molecule has 0 unspecified atom stereocenters. The Morgan fingerprint density at radius 3 is 2.55 bits per heavy atom. The summed E-state index contributed by atoms with van der Waals surface area (Å²) in [6, 6.07) is 13.5. The van der Waals surface area contributed by atoms with Gasteiger partial charge in [0.05, 0.1) is 5.71 Å². The number of hydrogen-bond acceptors (Lipinski definition) is 3. The topological polar surface area (TPSA) is 61.7 Å². The van der Waals surface area contributed by atoms with Gasteiger partial charge in [-0.15, -0.1) is 0 Å². The van der Waals surface area contributed by atoms with E-state index in [0.717, 1.165) is 0 Å². The number of benzene rings is 2. The maximum Gasteiger partial charge on any atom is 0.271 e. The second-order valence-electron chi connectivity index (χ2n) is 4.17. The van der Waals surface area contributed by atoms with Gasteiger partial charge in [-0.2, -0.15) is 5.10 Å². The van der Waals surface area contributed by atoms with Crippen molar-refractivity contribution in [1.29, 1.82) is 0 Å². The highest BCUT2D eigenvalue weighted by Gasteiger charge is 2.07. The first kappa shape index (κ1) is 14.1. The van der Waals surface area contributed by atoms with Gasteiger partial charge in [0.15, 0.2) is 0 Å². The summed E-state index contributed by atoms with van der Waals surface area (Å²) in [6.07, 6.45) is 0. The van der Waals surface area contributed by atoms with Crippen molar-refractivity contribution in [3.63, 3.8) is 0 Å². The molecule has 0 radical (unpaired) electrons. The minimum Gasteiger partial charge on any atom is -0.507 e. The van der Waals surface area contributed by atoms with Crippen LogP contribution in [0.4, 0.5) is 0 Å². The second-order valence-corrected chi connectivity index (χ2v) is 4.60. The third kappa shape index (κ3) is 3.36. The van der Waals surface area contributed by atoms with Gasteiger partial charge >= 0.3 is 0 Å². The monoisotopic (exact) mass is 288 g/mol. The molecular weight excluding hydrogens is 276 g/mol. The smallest absolute Gasteiger partial charge is 0.271 e. The first-order chi connectivity index (χ1) is 9.58. The summed E-state index contributed by atoms with van der Waals surface area (Å²) in [7, 11) is 0. The summed E-state index contributed by atoms with van der Waals surface area (Å²) in [4.78, 5) is 11.8. The molecule has 0 fully saturated rings. The number of rotatable bonds is 3. The molecule has 2 N–H and O–H groups in total. The average Bonchev–Trinajstić information content (AvgIpc) is 2.45. The molecule has 0 aliphatic heterocycles. The average molecular weight is 289 g/mol. The van der Waals surface area contributed by atoms with Crippen LogP contribution in [0.15, 0.2) is 53.6 Å². The van der Waals surface area contributed by atoms with E-state index in [1.807, 2.05) is 6.07 Å². The van der Waals surface area contributed by atoms with Crippen LogP contribution in [0.25, 0.3) is 0 Å². The first-order valence-corrected chi connectivity index (χ1v) is 6.34. The molecule has 4 nitrogen and oxygen atoms in total. The molecule has 2 aromatic rings. The zero-order chi connectivity index (χ0) is 14.5. The third-order valence-corrected chi connectivity index (χ3v) is 2.95.